The first-order chi connectivity index (χ1) is 8.18. The van der Waals surface area contributed by atoms with Crippen molar-refractivity contribution in [3.63, 3.8) is 0 Å². The number of hydrogen-bond acceptors (Lipinski definition) is 1. The molecule has 1 nitrogen and oxygen atoms in total. The lowest BCUT2D eigenvalue weighted by molar-refractivity contribution is 0.238. The quantitative estimate of drug-likeness (QED) is 0.716. The van der Waals surface area contributed by atoms with Crippen LogP contribution in [0.15, 0.2) is 60.7 Å². The van der Waals surface area contributed by atoms with E-state index in [4.69, 9.17) is 1.37 Å². The molecular weight excluding hydrogens is 196 g/mol. The van der Waals surface area contributed by atoms with E-state index in [0.29, 0.717) is 5.56 Å². The Hall–Kier alpha value is -2.04. The van der Waals surface area contributed by atoms with Crippen molar-refractivity contribution in [3.05, 3.63) is 71.8 Å². The van der Waals surface area contributed by atoms with Crippen molar-refractivity contribution in [1.82, 2.24) is 0 Å². The third kappa shape index (κ3) is 2.73. The van der Waals surface area contributed by atoms with Gasteiger partial charge in [0.05, 0.1) is 1.37 Å². The Morgan fingerprint density at radius 1 is 0.938 bits per heavy atom. The molecule has 0 spiro atoms. The molecule has 2 rings (SSSR count). The zero-order valence-electron chi connectivity index (χ0n) is 9.72. The molecule has 0 fully saturated rings. The summed E-state index contributed by atoms with van der Waals surface area (Å²) in [5, 5.41) is 9.94. The lowest BCUT2D eigenvalue weighted by Gasteiger charge is -2.01. The highest BCUT2D eigenvalue weighted by molar-refractivity contribution is 5.36. The average Bonchev–Trinajstić information content (AvgIpc) is 2.39. The summed E-state index contributed by atoms with van der Waals surface area (Å²) < 4.78 is 7.80. The highest BCUT2D eigenvalue weighted by Crippen LogP contribution is 2.10. The van der Waals surface area contributed by atoms with Crippen LogP contribution in [0.25, 0.3) is 0 Å². The van der Waals surface area contributed by atoms with Gasteiger partial charge in [0.25, 0.3) is 0 Å². The standard InChI is InChI=1S/C15H12O/c16-15(14-9-5-2-6-10-14)12-11-13-7-3-1-4-8-13/h1-10,15-16H/i15D. The largest absolute Gasteiger partial charge is 0.376 e. The molecule has 0 aliphatic heterocycles. The molecule has 0 heterocycles. The second kappa shape index (κ2) is 5.16. The maximum absolute atomic E-state index is 9.94. The van der Waals surface area contributed by atoms with Crippen molar-refractivity contribution in [1.29, 1.82) is 0 Å². The minimum absolute atomic E-state index is 0.475. The molecule has 1 atom stereocenters. The highest BCUT2D eigenvalue weighted by atomic mass is 16.3. The normalized spacial score (nSPS) is 14.2. The minimum atomic E-state index is -1.86. The molecule has 0 aliphatic carbocycles. The molecule has 0 amide bonds. The molecule has 0 saturated heterocycles. The van der Waals surface area contributed by atoms with E-state index in [0.717, 1.165) is 5.56 Å². The van der Waals surface area contributed by atoms with Gasteiger partial charge in [0.15, 0.2) is 0 Å². The van der Waals surface area contributed by atoms with Gasteiger partial charge >= 0.3 is 0 Å². The van der Waals surface area contributed by atoms with Crippen molar-refractivity contribution < 1.29 is 6.48 Å². The van der Waals surface area contributed by atoms with E-state index in [2.05, 4.69) is 11.8 Å². The Bertz CT molecular complexity index is 535. The molecule has 2 aromatic rings. The van der Waals surface area contributed by atoms with Gasteiger partial charge in [-0.2, -0.15) is 0 Å². The van der Waals surface area contributed by atoms with Crippen LogP contribution in [0.5, 0.6) is 0 Å². The maximum Gasteiger partial charge on any atom is 0.140 e. The molecule has 2 aromatic carbocycles. The SMILES string of the molecule is [2H]C(O)(C#Cc1ccccc1)c1ccccc1. The van der Waals surface area contributed by atoms with E-state index in [-0.39, 0.29) is 0 Å². The van der Waals surface area contributed by atoms with Crippen LogP contribution in [0.2, 0.25) is 0 Å². The average molecular weight is 209 g/mol. The first kappa shape index (κ1) is 9.21. The summed E-state index contributed by atoms with van der Waals surface area (Å²) >= 11 is 0. The predicted octanol–water partition coefficient (Wildman–Crippen LogP) is 2.77. The fraction of sp³-hybridized carbons (Fsp3) is 0.0667. The summed E-state index contributed by atoms with van der Waals surface area (Å²) in [5.74, 6) is 5.36. The van der Waals surface area contributed by atoms with Gasteiger partial charge in [-0.15, -0.1) is 0 Å². The van der Waals surface area contributed by atoms with E-state index in [1.807, 2.05) is 36.4 Å². The van der Waals surface area contributed by atoms with Crippen molar-refractivity contribution >= 4 is 0 Å². The summed E-state index contributed by atoms with van der Waals surface area (Å²) in [6.45, 7) is 0. The maximum atomic E-state index is 9.94. The van der Waals surface area contributed by atoms with Gasteiger partial charge in [-0.1, -0.05) is 60.4 Å². The van der Waals surface area contributed by atoms with Crippen molar-refractivity contribution in [3.8, 4) is 11.8 Å². The molecule has 1 heteroatoms. The van der Waals surface area contributed by atoms with E-state index >= 15 is 0 Å². The summed E-state index contributed by atoms with van der Waals surface area (Å²) in [7, 11) is 0. The number of rotatable bonds is 1. The van der Waals surface area contributed by atoms with E-state index in [1.54, 1.807) is 24.3 Å². The van der Waals surface area contributed by atoms with Gasteiger partial charge in [-0.3, -0.25) is 0 Å². The predicted molar refractivity (Wildman–Crippen MR) is 64.7 cm³/mol. The molecule has 0 aliphatic rings. The second-order valence-electron chi connectivity index (χ2n) is 3.33. The Morgan fingerprint density at radius 3 is 2.12 bits per heavy atom. The van der Waals surface area contributed by atoms with Crippen molar-refractivity contribution in [2.75, 3.05) is 0 Å². The zero-order chi connectivity index (χ0) is 12.1. The Labute approximate surface area is 96.8 Å². The first-order valence-electron chi connectivity index (χ1n) is 5.54. The Kier molecular flexibility index (Phi) is 2.97. The third-order valence-electron chi connectivity index (χ3n) is 2.15. The van der Waals surface area contributed by atoms with Crippen molar-refractivity contribution in [2.24, 2.45) is 0 Å². The van der Waals surface area contributed by atoms with Crippen LogP contribution in [0.4, 0.5) is 0 Å². The highest BCUT2D eigenvalue weighted by Gasteiger charge is 2.00. The van der Waals surface area contributed by atoms with Crippen LogP contribution in [-0.2, 0) is 0 Å². The van der Waals surface area contributed by atoms with Crippen LogP contribution >= 0.6 is 0 Å². The lowest BCUT2D eigenvalue weighted by Crippen LogP contribution is -1.92. The Balaban J connectivity index is 2.27. The molecule has 0 aromatic heterocycles. The van der Waals surface area contributed by atoms with Gasteiger partial charge in [-0.05, 0) is 17.7 Å². The monoisotopic (exact) mass is 209 g/mol. The third-order valence-corrected chi connectivity index (χ3v) is 2.15. The second-order valence-corrected chi connectivity index (χ2v) is 3.33. The Morgan fingerprint density at radius 2 is 1.50 bits per heavy atom. The number of aliphatic hydroxyl groups is 1. The molecule has 0 radical (unpaired) electrons. The summed E-state index contributed by atoms with van der Waals surface area (Å²) in [6, 6.07) is 18.1. The smallest absolute Gasteiger partial charge is 0.140 e. The molecule has 0 saturated carbocycles. The van der Waals surface area contributed by atoms with Crippen LogP contribution < -0.4 is 0 Å². The zero-order valence-corrected chi connectivity index (χ0v) is 8.72. The van der Waals surface area contributed by atoms with Gasteiger partial charge in [-0.25, -0.2) is 0 Å². The summed E-state index contributed by atoms with van der Waals surface area (Å²) in [4.78, 5) is 0. The topological polar surface area (TPSA) is 20.2 Å². The fourth-order valence-corrected chi connectivity index (χ4v) is 1.32. The van der Waals surface area contributed by atoms with Crippen LogP contribution in [0.3, 0.4) is 0 Å². The van der Waals surface area contributed by atoms with Crippen LogP contribution in [-0.4, -0.2) is 5.11 Å². The minimum Gasteiger partial charge on any atom is -0.376 e. The van der Waals surface area contributed by atoms with Crippen LogP contribution in [0, 0.1) is 11.8 Å². The number of benzene rings is 2. The lowest BCUT2D eigenvalue weighted by atomic mass is 10.1. The molecular formula is C15H12O. The molecule has 1 unspecified atom stereocenters. The van der Waals surface area contributed by atoms with Crippen molar-refractivity contribution in [2.45, 2.75) is 6.08 Å². The fourth-order valence-electron chi connectivity index (χ4n) is 1.32. The summed E-state index contributed by atoms with van der Waals surface area (Å²) in [6.07, 6.45) is -1.86. The molecule has 0 bridgehead atoms. The molecule has 1 N–H and O–H groups in total. The first-order valence-corrected chi connectivity index (χ1v) is 5.04. The van der Waals surface area contributed by atoms with E-state index in [9.17, 15) is 5.11 Å². The molecule has 16 heavy (non-hydrogen) atoms. The van der Waals surface area contributed by atoms with Crippen LogP contribution in [0.1, 0.15) is 18.6 Å². The van der Waals surface area contributed by atoms with Gasteiger partial charge < -0.3 is 5.11 Å². The molecule has 78 valence electrons. The van der Waals surface area contributed by atoms with E-state index < -0.39 is 6.08 Å². The van der Waals surface area contributed by atoms with E-state index in [1.165, 1.54) is 0 Å². The summed E-state index contributed by atoms with van der Waals surface area (Å²) in [5.41, 5.74) is 1.26. The number of hydrogen-bond donors (Lipinski definition) is 1. The van der Waals surface area contributed by atoms with Gasteiger partial charge in [0, 0.05) is 5.56 Å². The van der Waals surface area contributed by atoms with Gasteiger partial charge in [0.1, 0.15) is 6.08 Å². The van der Waals surface area contributed by atoms with Gasteiger partial charge in [0.2, 0.25) is 0 Å².